The van der Waals surface area contributed by atoms with Gasteiger partial charge in [0.15, 0.2) is 11.3 Å². The van der Waals surface area contributed by atoms with Crippen molar-refractivity contribution in [3.63, 3.8) is 0 Å². The number of piperazine rings is 1. The molecule has 0 aliphatic carbocycles. The van der Waals surface area contributed by atoms with E-state index in [0.29, 0.717) is 49.8 Å². The number of amides is 1. The first kappa shape index (κ1) is 33.0. The van der Waals surface area contributed by atoms with Gasteiger partial charge < -0.3 is 24.2 Å². The van der Waals surface area contributed by atoms with Crippen molar-refractivity contribution < 1.29 is 14.3 Å². The summed E-state index contributed by atoms with van der Waals surface area (Å²) in [5, 5.41) is 11.7. The Morgan fingerprint density at radius 3 is 2.52 bits per heavy atom. The summed E-state index contributed by atoms with van der Waals surface area (Å²) in [4.78, 5) is 48.3. The molecule has 50 heavy (non-hydrogen) atoms. The molecule has 0 saturated carbocycles. The normalized spacial score (nSPS) is 18.0. The van der Waals surface area contributed by atoms with E-state index in [4.69, 9.17) is 24.4 Å². The summed E-state index contributed by atoms with van der Waals surface area (Å²) >= 11 is 0. The Morgan fingerprint density at radius 1 is 0.940 bits per heavy atom. The van der Waals surface area contributed by atoms with Gasteiger partial charge in [0.1, 0.15) is 24.6 Å². The minimum Gasteiger partial charge on any atom is -0.462 e. The molecule has 7 rings (SSSR count). The smallest absolute Gasteiger partial charge is 0.410 e. The molecule has 256 valence electrons. The lowest BCUT2D eigenvalue weighted by Crippen LogP contribution is -2.55. The van der Waals surface area contributed by atoms with Crippen LogP contribution < -0.4 is 15.2 Å². The maximum Gasteiger partial charge on any atom is 0.410 e. The molecule has 2 saturated heterocycles. The second-order valence-corrected chi connectivity index (χ2v) is 12.8. The Labute approximate surface area is 290 Å². The molecular formula is C38H40N8O4. The van der Waals surface area contributed by atoms with Crippen LogP contribution in [0.4, 0.5) is 10.6 Å². The second-order valence-electron chi connectivity index (χ2n) is 12.8. The highest BCUT2D eigenvalue weighted by molar-refractivity contribution is 5.91. The maximum atomic E-state index is 14.6. The van der Waals surface area contributed by atoms with Crippen LogP contribution in [-0.2, 0) is 17.8 Å². The second kappa shape index (κ2) is 14.5. The molecule has 5 aromatic rings. The van der Waals surface area contributed by atoms with Crippen LogP contribution in [0.15, 0.2) is 77.6 Å². The molecule has 12 nitrogen and oxygen atoms in total. The van der Waals surface area contributed by atoms with Crippen molar-refractivity contribution in [1.82, 2.24) is 29.3 Å². The van der Waals surface area contributed by atoms with Crippen LogP contribution in [-0.4, -0.2) is 87.3 Å². The van der Waals surface area contributed by atoms with E-state index < -0.39 is 12.1 Å². The molecule has 3 aromatic carbocycles. The largest absolute Gasteiger partial charge is 0.462 e. The van der Waals surface area contributed by atoms with E-state index in [-0.39, 0.29) is 36.2 Å². The average molecular weight is 673 g/mol. The molecule has 2 fully saturated rings. The zero-order valence-corrected chi connectivity index (χ0v) is 28.4. The molecule has 0 unspecified atom stereocenters. The molecular weight excluding hydrogens is 632 g/mol. The third-order valence-corrected chi connectivity index (χ3v) is 9.70. The Morgan fingerprint density at radius 2 is 1.74 bits per heavy atom. The first-order chi connectivity index (χ1) is 24.4. The van der Waals surface area contributed by atoms with Crippen LogP contribution in [0.2, 0.25) is 0 Å². The van der Waals surface area contributed by atoms with E-state index in [1.165, 1.54) is 0 Å². The molecule has 1 amide bonds. The van der Waals surface area contributed by atoms with Crippen LogP contribution in [0.1, 0.15) is 37.6 Å². The fraction of sp³-hybridized carbons (Fsp3) is 0.368. The van der Waals surface area contributed by atoms with Crippen molar-refractivity contribution in [1.29, 1.82) is 5.26 Å². The van der Waals surface area contributed by atoms with Gasteiger partial charge in [-0.2, -0.15) is 15.2 Å². The number of carbonyl (C=O) groups is 1. The number of fused-ring (bicyclic) bond motifs is 2. The predicted octanol–water partition coefficient (Wildman–Crippen LogP) is 5.11. The van der Waals surface area contributed by atoms with Gasteiger partial charge in [-0.05, 0) is 43.5 Å². The minimum absolute atomic E-state index is 0.0961. The summed E-state index contributed by atoms with van der Waals surface area (Å²) < 4.78 is 13.5. The molecule has 0 spiro atoms. The minimum atomic E-state index is -0.477. The summed E-state index contributed by atoms with van der Waals surface area (Å²) in [5.41, 5.74) is 1.81. The molecule has 2 aromatic heterocycles. The van der Waals surface area contributed by atoms with Gasteiger partial charge >= 0.3 is 12.1 Å². The van der Waals surface area contributed by atoms with Crippen molar-refractivity contribution in [2.75, 3.05) is 44.7 Å². The summed E-state index contributed by atoms with van der Waals surface area (Å²) in [6.45, 7) is 4.46. The number of benzene rings is 3. The number of likely N-dealkylation sites (N-methyl/N-ethyl adjacent to an activating group) is 1. The van der Waals surface area contributed by atoms with Crippen molar-refractivity contribution in [3.8, 4) is 17.8 Å². The highest BCUT2D eigenvalue weighted by Gasteiger charge is 2.34. The standard InChI is InChI=1S/C38H40N8O4/c1-3-32-40-33-34(36(47)46(32)31-17-9-14-27-13-7-8-16-30(27)31)41-37(49-25-29-15-10-20-43(29)2)42-35(33)44-21-22-45(28(23-44)18-19-39)38(48)50-24-26-11-5-4-6-12-26/h4-9,11-14,16-17,28-29H,3,10,15,18,20-25H2,1-2H3/t28-,29-/m0/s1. The first-order valence-corrected chi connectivity index (χ1v) is 17.2. The number of rotatable bonds is 9. The quantitative estimate of drug-likeness (QED) is 0.208. The van der Waals surface area contributed by atoms with Crippen LogP contribution >= 0.6 is 0 Å². The van der Waals surface area contributed by atoms with E-state index >= 15 is 0 Å². The number of hydrogen-bond donors (Lipinski definition) is 0. The fourth-order valence-electron chi connectivity index (χ4n) is 6.98. The molecule has 0 radical (unpaired) electrons. The van der Waals surface area contributed by atoms with Crippen LogP contribution in [0.25, 0.3) is 27.5 Å². The Balaban J connectivity index is 1.28. The van der Waals surface area contributed by atoms with E-state index in [1.54, 1.807) is 9.47 Å². The fourth-order valence-corrected chi connectivity index (χ4v) is 6.98. The SMILES string of the molecule is CCc1nc2c(N3CCN(C(=O)OCc4ccccc4)[C@@H](CC#N)C3)nc(OC[C@@H]3CCCN3C)nc2c(=O)n1-c1cccc2ccccc12. The molecule has 0 bridgehead atoms. The molecule has 2 aliphatic heterocycles. The summed E-state index contributed by atoms with van der Waals surface area (Å²) in [5.74, 6) is 1.02. The Bertz CT molecular complexity index is 2110. The molecule has 4 heterocycles. The van der Waals surface area contributed by atoms with E-state index in [0.717, 1.165) is 41.4 Å². The van der Waals surface area contributed by atoms with Gasteiger partial charge in [-0.1, -0.05) is 73.7 Å². The first-order valence-electron chi connectivity index (χ1n) is 17.2. The average Bonchev–Trinajstić information content (AvgIpc) is 3.57. The molecule has 12 heteroatoms. The molecule has 2 aliphatic rings. The van der Waals surface area contributed by atoms with Gasteiger partial charge in [0, 0.05) is 37.5 Å². The molecule has 0 N–H and O–H groups in total. The zero-order chi connectivity index (χ0) is 34.6. The number of aromatic nitrogens is 4. The number of ether oxygens (including phenoxy) is 2. The van der Waals surface area contributed by atoms with Gasteiger partial charge in [-0.15, -0.1) is 0 Å². The van der Waals surface area contributed by atoms with Crippen LogP contribution in [0.3, 0.4) is 0 Å². The number of hydrogen-bond acceptors (Lipinski definition) is 10. The predicted molar refractivity (Wildman–Crippen MR) is 191 cm³/mol. The number of nitrogens with zero attached hydrogens (tertiary/aromatic N) is 8. The number of aryl methyl sites for hydroxylation is 1. The zero-order valence-electron chi connectivity index (χ0n) is 28.4. The lowest BCUT2D eigenvalue weighted by Gasteiger charge is -2.40. The lowest BCUT2D eigenvalue weighted by molar-refractivity contribution is 0.0768. The van der Waals surface area contributed by atoms with Gasteiger partial charge in [0.05, 0.1) is 24.2 Å². The third kappa shape index (κ3) is 6.56. The number of nitriles is 1. The van der Waals surface area contributed by atoms with Crippen LogP contribution in [0, 0.1) is 11.3 Å². The number of anilines is 1. The van der Waals surface area contributed by atoms with E-state index in [1.807, 2.05) is 84.6 Å². The van der Waals surface area contributed by atoms with Gasteiger partial charge in [-0.25, -0.2) is 9.78 Å². The van der Waals surface area contributed by atoms with Crippen molar-refractivity contribution in [2.45, 2.75) is 51.3 Å². The number of carbonyl (C=O) groups excluding carboxylic acids is 1. The summed E-state index contributed by atoms with van der Waals surface area (Å²) in [7, 11) is 2.08. The van der Waals surface area contributed by atoms with Crippen molar-refractivity contribution in [2.24, 2.45) is 0 Å². The Hall–Kier alpha value is -5.54. The summed E-state index contributed by atoms with van der Waals surface area (Å²) in [6.07, 6.45) is 2.20. The topological polar surface area (TPSA) is 130 Å². The Kier molecular flexibility index (Phi) is 9.58. The maximum absolute atomic E-state index is 14.6. The van der Waals surface area contributed by atoms with Gasteiger partial charge in [-0.3, -0.25) is 9.36 Å². The summed E-state index contributed by atoms with van der Waals surface area (Å²) in [6, 6.07) is 25.4. The van der Waals surface area contributed by atoms with Crippen molar-refractivity contribution in [3.05, 3.63) is 94.5 Å². The van der Waals surface area contributed by atoms with Crippen LogP contribution in [0.5, 0.6) is 6.01 Å². The monoisotopic (exact) mass is 672 g/mol. The highest BCUT2D eigenvalue weighted by atomic mass is 16.6. The highest BCUT2D eigenvalue weighted by Crippen LogP contribution is 2.29. The van der Waals surface area contributed by atoms with E-state index in [2.05, 4.69) is 18.0 Å². The number of likely N-dealkylation sites (tertiary alicyclic amines) is 1. The van der Waals surface area contributed by atoms with Gasteiger partial charge in [0.2, 0.25) is 0 Å². The van der Waals surface area contributed by atoms with E-state index in [9.17, 15) is 14.9 Å². The third-order valence-electron chi connectivity index (χ3n) is 9.70. The molecule has 2 atom stereocenters. The lowest BCUT2D eigenvalue weighted by atomic mass is 10.1. The van der Waals surface area contributed by atoms with Crippen molar-refractivity contribution >= 4 is 33.7 Å². The van der Waals surface area contributed by atoms with Gasteiger partial charge in [0.25, 0.3) is 5.56 Å².